The van der Waals surface area contributed by atoms with E-state index in [4.69, 9.17) is 4.99 Å². The molecule has 0 spiro atoms. The largest absolute Gasteiger partial charge is 0.345 e. The second kappa shape index (κ2) is 11.2. The highest BCUT2D eigenvalue weighted by atomic mass is 16.6. The molecule has 6 rings (SSSR count). The van der Waals surface area contributed by atoms with Crippen LogP contribution in [0, 0.1) is 10.1 Å². The summed E-state index contributed by atoms with van der Waals surface area (Å²) in [5, 5.41) is 14.4. The van der Waals surface area contributed by atoms with Crippen LogP contribution in [0.4, 0.5) is 17.1 Å². The van der Waals surface area contributed by atoms with Crippen molar-refractivity contribution in [1.82, 2.24) is 14.9 Å². The first kappa shape index (κ1) is 26.1. The van der Waals surface area contributed by atoms with Crippen LogP contribution >= 0.6 is 0 Å². The first-order valence-electron chi connectivity index (χ1n) is 13.6. The van der Waals surface area contributed by atoms with Gasteiger partial charge in [0.05, 0.1) is 34.5 Å². The number of hydrogen-bond donors (Lipinski definition) is 2. The SMILES string of the molecule is O=C1Nc2ccc([N+](=O)[O-])cc2C1C(=Nc1ccc(-c2cnc[nH]2)cc1)c1ccc(CCN2CCCCC2=O)cc1. The molecule has 4 aromatic rings. The van der Waals surface area contributed by atoms with Crippen molar-refractivity contribution in [1.29, 1.82) is 0 Å². The number of non-ortho nitro benzene ring substituents is 1. The molecule has 10 nitrogen and oxygen atoms in total. The summed E-state index contributed by atoms with van der Waals surface area (Å²) in [5.74, 6) is -0.907. The second-order valence-corrected chi connectivity index (χ2v) is 10.2. The number of imidazole rings is 1. The number of nitro groups is 1. The number of carbonyl (C=O) groups excluding carboxylic acids is 2. The number of likely N-dealkylation sites (tertiary alicyclic amines) is 1. The van der Waals surface area contributed by atoms with Gasteiger partial charge in [-0.3, -0.25) is 24.7 Å². The molecular weight excluding hydrogens is 520 g/mol. The third-order valence-corrected chi connectivity index (χ3v) is 7.62. The van der Waals surface area contributed by atoms with Crippen LogP contribution in [-0.4, -0.2) is 50.4 Å². The third-order valence-electron chi connectivity index (χ3n) is 7.62. The molecule has 2 N–H and O–H groups in total. The van der Waals surface area contributed by atoms with E-state index in [-0.39, 0.29) is 17.5 Å². The van der Waals surface area contributed by atoms with Gasteiger partial charge in [-0.15, -0.1) is 0 Å². The zero-order valence-electron chi connectivity index (χ0n) is 22.2. The van der Waals surface area contributed by atoms with Crippen LogP contribution in [0.5, 0.6) is 0 Å². The van der Waals surface area contributed by atoms with Crippen LogP contribution in [0.25, 0.3) is 11.3 Å². The Morgan fingerprint density at radius 2 is 1.85 bits per heavy atom. The third kappa shape index (κ3) is 5.49. The number of aliphatic imine (C=N–C) groups is 1. The van der Waals surface area contributed by atoms with E-state index < -0.39 is 10.8 Å². The number of piperidine rings is 1. The number of rotatable bonds is 8. The van der Waals surface area contributed by atoms with Gasteiger partial charge in [0, 0.05) is 42.9 Å². The zero-order chi connectivity index (χ0) is 28.3. The minimum absolute atomic E-state index is 0.0869. The summed E-state index contributed by atoms with van der Waals surface area (Å²) in [6.45, 7) is 1.47. The summed E-state index contributed by atoms with van der Waals surface area (Å²) in [7, 11) is 0. The van der Waals surface area contributed by atoms with E-state index in [1.807, 2.05) is 53.4 Å². The van der Waals surface area contributed by atoms with Crippen LogP contribution in [0.2, 0.25) is 0 Å². The lowest BCUT2D eigenvalue weighted by molar-refractivity contribution is -0.384. The van der Waals surface area contributed by atoms with Gasteiger partial charge < -0.3 is 15.2 Å². The highest BCUT2D eigenvalue weighted by molar-refractivity contribution is 6.24. The minimum Gasteiger partial charge on any atom is -0.345 e. The first-order valence-corrected chi connectivity index (χ1v) is 13.6. The highest BCUT2D eigenvalue weighted by Crippen LogP contribution is 2.38. The summed E-state index contributed by atoms with van der Waals surface area (Å²) >= 11 is 0. The fourth-order valence-electron chi connectivity index (χ4n) is 5.40. The van der Waals surface area contributed by atoms with Crippen molar-refractivity contribution in [3.05, 3.63) is 106 Å². The van der Waals surface area contributed by atoms with E-state index in [0.29, 0.717) is 35.6 Å². The van der Waals surface area contributed by atoms with Gasteiger partial charge in [0.25, 0.3) is 5.69 Å². The number of anilines is 1. The lowest BCUT2D eigenvalue weighted by atomic mass is 9.90. The predicted octanol–water partition coefficient (Wildman–Crippen LogP) is 5.40. The average molecular weight is 549 g/mol. The number of amides is 2. The molecule has 0 bridgehead atoms. The van der Waals surface area contributed by atoms with Gasteiger partial charge in [-0.05, 0) is 54.2 Å². The smallest absolute Gasteiger partial charge is 0.269 e. The maximum atomic E-state index is 13.3. The van der Waals surface area contributed by atoms with E-state index >= 15 is 0 Å². The van der Waals surface area contributed by atoms with Crippen LogP contribution in [-0.2, 0) is 16.0 Å². The number of nitrogens with zero attached hydrogens (tertiary/aromatic N) is 4. The second-order valence-electron chi connectivity index (χ2n) is 10.2. The number of carbonyl (C=O) groups is 2. The maximum Gasteiger partial charge on any atom is 0.269 e. The Kier molecular flexibility index (Phi) is 7.11. The summed E-state index contributed by atoms with van der Waals surface area (Å²) in [4.78, 5) is 50.5. The van der Waals surface area contributed by atoms with E-state index in [0.717, 1.165) is 48.2 Å². The van der Waals surface area contributed by atoms with Gasteiger partial charge in [-0.1, -0.05) is 36.4 Å². The number of benzene rings is 3. The summed E-state index contributed by atoms with van der Waals surface area (Å²) in [6, 6.07) is 19.8. The van der Waals surface area contributed by atoms with Crippen molar-refractivity contribution >= 4 is 34.6 Å². The number of nitro benzene ring substituents is 1. The molecule has 1 aromatic heterocycles. The summed E-state index contributed by atoms with van der Waals surface area (Å²) in [6.07, 6.45) is 6.69. The molecule has 41 heavy (non-hydrogen) atoms. The molecule has 3 aromatic carbocycles. The first-order chi connectivity index (χ1) is 20.0. The zero-order valence-corrected chi connectivity index (χ0v) is 22.2. The van der Waals surface area contributed by atoms with Crippen LogP contribution < -0.4 is 5.32 Å². The Bertz CT molecular complexity index is 1630. The summed E-state index contributed by atoms with van der Waals surface area (Å²) < 4.78 is 0. The molecule has 2 aliphatic rings. The van der Waals surface area contributed by atoms with Crippen molar-refractivity contribution in [2.24, 2.45) is 4.99 Å². The number of hydrogen-bond acceptors (Lipinski definition) is 6. The minimum atomic E-state index is -0.825. The number of aromatic amines is 1. The Hall–Kier alpha value is -5.12. The van der Waals surface area contributed by atoms with Crippen molar-refractivity contribution in [2.45, 2.75) is 31.6 Å². The lowest BCUT2D eigenvalue weighted by Gasteiger charge is -2.26. The molecule has 1 atom stereocenters. The molecule has 1 saturated heterocycles. The number of nitrogens with one attached hydrogen (secondary N) is 2. The van der Waals surface area contributed by atoms with Gasteiger partial charge in [-0.2, -0.15) is 0 Å². The van der Waals surface area contributed by atoms with Crippen LogP contribution in [0.3, 0.4) is 0 Å². The molecule has 3 heterocycles. The molecule has 2 aliphatic heterocycles. The van der Waals surface area contributed by atoms with E-state index in [2.05, 4.69) is 15.3 Å². The van der Waals surface area contributed by atoms with Crippen LogP contribution in [0.15, 0.2) is 84.2 Å². The van der Waals surface area contributed by atoms with Gasteiger partial charge in [-0.25, -0.2) is 4.98 Å². The quantitative estimate of drug-likeness (QED) is 0.173. The van der Waals surface area contributed by atoms with Crippen molar-refractivity contribution in [2.75, 3.05) is 18.4 Å². The molecule has 0 saturated carbocycles. The number of H-pyrrole nitrogens is 1. The molecule has 206 valence electrons. The predicted molar refractivity (Wildman–Crippen MR) is 155 cm³/mol. The van der Waals surface area contributed by atoms with Crippen molar-refractivity contribution < 1.29 is 14.5 Å². The molecular formula is C31H28N6O4. The molecule has 1 unspecified atom stereocenters. The number of aromatic nitrogens is 2. The average Bonchev–Trinajstić information content (AvgIpc) is 3.64. The normalized spacial score (nSPS) is 16.9. The van der Waals surface area contributed by atoms with Gasteiger partial charge in [0.2, 0.25) is 11.8 Å². The van der Waals surface area contributed by atoms with E-state index in [1.54, 1.807) is 18.6 Å². The fraction of sp³-hybridized carbons (Fsp3) is 0.226. The van der Waals surface area contributed by atoms with Crippen LogP contribution in [0.1, 0.15) is 41.9 Å². The molecule has 2 amide bonds. The Labute approximate surface area is 236 Å². The lowest BCUT2D eigenvalue weighted by Crippen LogP contribution is -2.36. The van der Waals surface area contributed by atoms with E-state index in [9.17, 15) is 19.7 Å². The van der Waals surface area contributed by atoms with Crippen molar-refractivity contribution in [3.63, 3.8) is 0 Å². The topological polar surface area (TPSA) is 134 Å². The maximum absolute atomic E-state index is 13.3. The molecule has 1 fully saturated rings. The molecule has 0 radical (unpaired) electrons. The summed E-state index contributed by atoms with van der Waals surface area (Å²) in [5.41, 5.74) is 5.73. The Morgan fingerprint density at radius 1 is 1.05 bits per heavy atom. The number of fused-ring (bicyclic) bond motifs is 1. The highest BCUT2D eigenvalue weighted by Gasteiger charge is 2.36. The Balaban J connectivity index is 1.34. The van der Waals surface area contributed by atoms with Gasteiger partial charge >= 0.3 is 0 Å². The van der Waals surface area contributed by atoms with Crippen molar-refractivity contribution in [3.8, 4) is 11.3 Å². The fourth-order valence-corrected chi connectivity index (χ4v) is 5.40. The van der Waals surface area contributed by atoms with E-state index in [1.165, 1.54) is 12.1 Å². The standard InChI is InChI=1S/C31H28N6O4/c38-28-3-1-2-15-36(28)16-14-20-4-6-22(7-5-20)30(34-23-10-8-21(9-11-23)27-18-32-19-33-27)29-25-17-24(37(40)41)12-13-26(25)35-31(29)39/h4-13,17-19,29H,1-3,14-16H2,(H,32,33)(H,35,39). The molecule has 10 heteroatoms. The monoisotopic (exact) mass is 548 g/mol. The van der Waals surface area contributed by atoms with Gasteiger partial charge in [0.1, 0.15) is 5.92 Å². The molecule has 0 aliphatic carbocycles. The van der Waals surface area contributed by atoms with Gasteiger partial charge in [0.15, 0.2) is 0 Å². The Morgan fingerprint density at radius 3 is 2.56 bits per heavy atom.